The molecule has 1 aliphatic heterocycles. The van der Waals surface area contributed by atoms with Crippen LogP contribution >= 0.6 is 0 Å². The Labute approximate surface area is 183 Å². The minimum absolute atomic E-state index is 0.172. The highest BCUT2D eigenvalue weighted by molar-refractivity contribution is 7.89. The molecule has 1 aromatic carbocycles. The van der Waals surface area contributed by atoms with E-state index >= 15 is 0 Å². The first-order chi connectivity index (χ1) is 15.4. The molecule has 1 aliphatic rings. The molecule has 32 heavy (non-hydrogen) atoms. The third-order valence-corrected chi connectivity index (χ3v) is 7.38. The topological polar surface area (TPSA) is 104 Å². The Morgan fingerprint density at radius 3 is 2.66 bits per heavy atom. The molecule has 1 amide bonds. The number of nitrogens with zero attached hydrogens (tertiary/aromatic N) is 5. The number of benzene rings is 1. The Morgan fingerprint density at radius 2 is 1.88 bits per heavy atom. The minimum Gasteiger partial charge on any atom is -0.345 e. The molecule has 0 radical (unpaired) electrons. The van der Waals surface area contributed by atoms with E-state index in [1.807, 2.05) is 0 Å². The lowest BCUT2D eigenvalue weighted by atomic mass is 10.3. The number of aromatic amines is 1. The Morgan fingerprint density at radius 1 is 1.06 bits per heavy atom. The number of pyridine rings is 1. The second-order valence-electron chi connectivity index (χ2n) is 7.37. The standard InChI is InChI=1S/C21H19FN6O3S/c22-15-3-1-4-16(13-15)28-8-6-18(25-28)21(29)26-9-11-27(12-10-26)32(30,31)19-14-24-20-17(19)5-2-7-23-20/h1-8,13-14H,9-12H2,(H,23,24). The van der Waals surface area contributed by atoms with Crippen LogP contribution < -0.4 is 0 Å². The highest BCUT2D eigenvalue weighted by Gasteiger charge is 2.32. The molecule has 11 heteroatoms. The number of hydrogen-bond donors (Lipinski definition) is 1. The number of fused-ring (bicyclic) bond motifs is 1. The zero-order valence-corrected chi connectivity index (χ0v) is 17.7. The molecule has 0 bridgehead atoms. The minimum atomic E-state index is -3.73. The third-order valence-electron chi connectivity index (χ3n) is 5.44. The van der Waals surface area contributed by atoms with Gasteiger partial charge in [-0.15, -0.1) is 0 Å². The number of carbonyl (C=O) groups excluding carboxylic acids is 1. The SMILES string of the molecule is O=C(c1ccn(-c2cccc(F)c2)n1)N1CCN(S(=O)(=O)c2c[nH]c3ncccc23)CC1. The van der Waals surface area contributed by atoms with Crippen LogP contribution in [-0.2, 0) is 10.0 Å². The Kier molecular flexibility index (Phi) is 4.98. The molecule has 1 saturated heterocycles. The number of nitrogens with one attached hydrogen (secondary N) is 1. The van der Waals surface area contributed by atoms with Crippen molar-refractivity contribution >= 4 is 27.0 Å². The van der Waals surface area contributed by atoms with Gasteiger partial charge in [-0.2, -0.15) is 9.40 Å². The zero-order chi connectivity index (χ0) is 22.3. The van der Waals surface area contributed by atoms with Crippen molar-refractivity contribution in [1.82, 2.24) is 29.0 Å². The summed E-state index contributed by atoms with van der Waals surface area (Å²) in [5.74, 6) is -0.692. The number of halogens is 1. The quantitative estimate of drug-likeness (QED) is 0.508. The van der Waals surface area contributed by atoms with Crippen LogP contribution in [0.3, 0.4) is 0 Å². The van der Waals surface area contributed by atoms with E-state index in [4.69, 9.17) is 0 Å². The van der Waals surface area contributed by atoms with Gasteiger partial charge in [0.2, 0.25) is 10.0 Å². The van der Waals surface area contributed by atoms with Gasteiger partial charge in [-0.25, -0.2) is 22.5 Å². The average Bonchev–Trinajstić information content (AvgIpc) is 3.47. The van der Waals surface area contributed by atoms with Crippen molar-refractivity contribution in [1.29, 1.82) is 0 Å². The van der Waals surface area contributed by atoms with Crippen LogP contribution in [0.1, 0.15) is 10.5 Å². The molecule has 4 heterocycles. The molecule has 1 N–H and O–H groups in total. The molecular weight excluding hydrogens is 435 g/mol. The van der Waals surface area contributed by atoms with E-state index in [9.17, 15) is 17.6 Å². The maximum absolute atomic E-state index is 13.5. The van der Waals surface area contributed by atoms with E-state index in [0.29, 0.717) is 16.7 Å². The number of piperazine rings is 1. The number of aromatic nitrogens is 4. The third kappa shape index (κ3) is 3.55. The molecule has 4 aromatic rings. The highest BCUT2D eigenvalue weighted by Crippen LogP contribution is 2.25. The van der Waals surface area contributed by atoms with Crippen LogP contribution in [0.25, 0.3) is 16.7 Å². The largest absolute Gasteiger partial charge is 0.345 e. The van der Waals surface area contributed by atoms with Gasteiger partial charge in [-0.3, -0.25) is 4.79 Å². The van der Waals surface area contributed by atoms with Gasteiger partial charge in [-0.1, -0.05) is 6.07 Å². The fraction of sp³-hybridized carbons (Fsp3) is 0.190. The molecule has 3 aromatic heterocycles. The van der Waals surface area contributed by atoms with Gasteiger partial charge in [-0.05, 0) is 36.4 Å². The normalized spacial score (nSPS) is 15.3. The van der Waals surface area contributed by atoms with Crippen molar-refractivity contribution in [3.8, 4) is 5.69 Å². The molecule has 0 unspecified atom stereocenters. The van der Waals surface area contributed by atoms with E-state index in [0.717, 1.165) is 0 Å². The Hall–Kier alpha value is -3.57. The van der Waals surface area contributed by atoms with E-state index in [1.165, 1.54) is 27.3 Å². The lowest BCUT2D eigenvalue weighted by Gasteiger charge is -2.33. The van der Waals surface area contributed by atoms with Gasteiger partial charge in [0, 0.05) is 50.2 Å². The van der Waals surface area contributed by atoms with E-state index < -0.39 is 15.8 Å². The van der Waals surface area contributed by atoms with Crippen LogP contribution in [0.2, 0.25) is 0 Å². The number of hydrogen-bond acceptors (Lipinski definition) is 5. The summed E-state index contributed by atoms with van der Waals surface area (Å²) in [5.41, 5.74) is 1.23. The molecule has 0 aliphatic carbocycles. The van der Waals surface area contributed by atoms with Gasteiger partial charge in [0.05, 0.1) is 5.69 Å². The van der Waals surface area contributed by atoms with Crippen LogP contribution in [-0.4, -0.2) is 69.5 Å². The van der Waals surface area contributed by atoms with Crippen molar-refractivity contribution in [3.63, 3.8) is 0 Å². The predicted octanol–water partition coefficient (Wildman–Crippen LogP) is 2.03. The number of H-pyrrole nitrogens is 1. The molecule has 9 nitrogen and oxygen atoms in total. The number of amides is 1. The lowest BCUT2D eigenvalue weighted by molar-refractivity contribution is 0.0691. The monoisotopic (exact) mass is 454 g/mol. The summed E-state index contributed by atoms with van der Waals surface area (Å²) in [4.78, 5) is 21.6. The Balaban J connectivity index is 1.29. The van der Waals surface area contributed by atoms with Crippen molar-refractivity contribution in [2.75, 3.05) is 26.2 Å². The zero-order valence-electron chi connectivity index (χ0n) is 16.8. The van der Waals surface area contributed by atoms with Crippen molar-refractivity contribution in [2.24, 2.45) is 0 Å². The van der Waals surface area contributed by atoms with Gasteiger partial charge in [0.25, 0.3) is 5.91 Å². The average molecular weight is 454 g/mol. The second kappa shape index (κ2) is 7.84. The Bertz CT molecular complexity index is 1410. The number of rotatable bonds is 4. The predicted molar refractivity (Wildman–Crippen MR) is 114 cm³/mol. The second-order valence-corrected chi connectivity index (χ2v) is 9.28. The summed E-state index contributed by atoms with van der Waals surface area (Å²) in [6.45, 7) is 0.828. The first-order valence-electron chi connectivity index (χ1n) is 9.96. The number of carbonyl (C=O) groups is 1. The molecule has 5 rings (SSSR count). The van der Waals surface area contributed by atoms with Crippen molar-refractivity contribution in [3.05, 3.63) is 72.6 Å². The summed E-state index contributed by atoms with van der Waals surface area (Å²) >= 11 is 0. The molecule has 164 valence electrons. The molecule has 1 fully saturated rings. The van der Waals surface area contributed by atoms with Gasteiger partial charge >= 0.3 is 0 Å². The summed E-state index contributed by atoms with van der Waals surface area (Å²) in [6.07, 6.45) is 4.63. The first-order valence-corrected chi connectivity index (χ1v) is 11.4. The van der Waals surface area contributed by atoms with Crippen molar-refractivity contribution in [2.45, 2.75) is 4.90 Å². The van der Waals surface area contributed by atoms with Crippen molar-refractivity contribution < 1.29 is 17.6 Å². The van der Waals surface area contributed by atoms with E-state index in [1.54, 1.807) is 47.6 Å². The maximum atomic E-state index is 13.5. The number of sulfonamides is 1. The fourth-order valence-electron chi connectivity index (χ4n) is 3.78. The summed E-state index contributed by atoms with van der Waals surface area (Å²) in [6, 6.07) is 10.9. The van der Waals surface area contributed by atoms with Crippen LogP contribution in [0, 0.1) is 5.82 Å². The fourth-order valence-corrected chi connectivity index (χ4v) is 5.35. The summed E-state index contributed by atoms with van der Waals surface area (Å²) in [7, 11) is -3.73. The lowest BCUT2D eigenvalue weighted by Crippen LogP contribution is -2.50. The summed E-state index contributed by atoms with van der Waals surface area (Å²) < 4.78 is 42.5. The first kappa shape index (κ1) is 20.3. The van der Waals surface area contributed by atoms with E-state index in [2.05, 4.69) is 15.1 Å². The maximum Gasteiger partial charge on any atom is 0.274 e. The van der Waals surface area contributed by atoms with Crippen LogP contribution in [0.4, 0.5) is 4.39 Å². The molecule has 0 saturated carbocycles. The van der Waals surface area contributed by atoms with Gasteiger partial charge in [0.1, 0.15) is 16.4 Å². The molecule has 0 atom stereocenters. The van der Waals surface area contributed by atoms with E-state index in [-0.39, 0.29) is 42.7 Å². The smallest absolute Gasteiger partial charge is 0.274 e. The van der Waals surface area contributed by atoms with Crippen LogP contribution in [0.15, 0.2) is 66.0 Å². The van der Waals surface area contributed by atoms with Crippen LogP contribution in [0.5, 0.6) is 0 Å². The van der Waals surface area contributed by atoms with Gasteiger partial charge in [0.15, 0.2) is 5.69 Å². The molecule has 0 spiro atoms. The van der Waals surface area contributed by atoms with Gasteiger partial charge < -0.3 is 9.88 Å². The highest BCUT2D eigenvalue weighted by atomic mass is 32.2. The summed E-state index contributed by atoms with van der Waals surface area (Å²) in [5, 5.41) is 4.79. The molecular formula is C21H19FN6O3S.